The molecule has 21 heavy (non-hydrogen) atoms. The van der Waals surface area contributed by atoms with Crippen LogP contribution in [-0.4, -0.2) is 27.8 Å². The zero-order chi connectivity index (χ0) is 16.2. The molecule has 6 nitrogen and oxygen atoms in total. The highest BCUT2D eigenvalue weighted by Crippen LogP contribution is 2.25. The van der Waals surface area contributed by atoms with E-state index in [1.54, 1.807) is 20.8 Å². The summed E-state index contributed by atoms with van der Waals surface area (Å²) < 4.78 is 5.24. The van der Waals surface area contributed by atoms with Crippen LogP contribution < -0.4 is 5.32 Å². The molecule has 0 aromatic carbocycles. The Labute approximate surface area is 128 Å². The Kier molecular flexibility index (Phi) is 5.71. The minimum Gasteiger partial charge on any atom is -0.476 e. The number of amides is 1. The first-order valence-corrected chi connectivity index (χ1v) is 7.64. The van der Waals surface area contributed by atoms with Crippen LogP contribution in [0.5, 0.6) is 0 Å². The molecular formula is C14H22N2O4S. The number of alkyl carbamates (subject to hydrolysis) is 1. The monoisotopic (exact) mass is 314 g/mol. The SMILES string of the molecule is CC(C)C[C@H](NC(=O)OC(C)(C)C)c1nc(C(=O)O)cs1. The number of carbonyl (C=O) groups is 2. The standard InChI is InChI=1S/C14H22N2O4S/c1-8(2)6-9(16-13(19)20-14(3,4)5)11-15-10(7-21-11)12(17)18/h7-9H,6H2,1-5H3,(H,16,19)(H,17,18)/t9-/m0/s1. The van der Waals surface area contributed by atoms with Crippen molar-refractivity contribution in [3.63, 3.8) is 0 Å². The molecule has 0 saturated carbocycles. The van der Waals surface area contributed by atoms with E-state index >= 15 is 0 Å². The summed E-state index contributed by atoms with van der Waals surface area (Å²) >= 11 is 1.23. The highest BCUT2D eigenvalue weighted by Gasteiger charge is 2.24. The second-order valence-electron chi connectivity index (χ2n) is 6.20. The highest BCUT2D eigenvalue weighted by molar-refractivity contribution is 7.09. The highest BCUT2D eigenvalue weighted by atomic mass is 32.1. The molecule has 1 amide bonds. The number of carboxylic acids is 1. The van der Waals surface area contributed by atoms with Crippen molar-refractivity contribution in [1.29, 1.82) is 0 Å². The van der Waals surface area contributed by atoms with Crippen molar-refractivity contribution >= 4 is 23.4 Å². The van der Waals surface area contributed by atoms with Gasteiger partial charge in [0, 0.05) is 5.38 Å². The Morgan fingerprint density at radius 3 is 2.48 bits per heavy atom. The van der Waals surface area contributed by atoms with Crippen molar-refractivity contribution < 1.29 is 19.4 Å². The lowest BCUT2D eigenvalue weighted by molar-refractivity contribution is 0.0497. The van der Waals surface area contributed by atoms with Gasteiger partial charge in [-0.2, -0.15) is 0 Å². The molecule has 0 bridgehead atoms. The fourth-order valence-corrected chi connectivity index (χ4v) is 2.54. The maximum Gasteiger partial charge on any atom is 0.408 e. The van der Waals surface area contributed by atoms with Gasteiger partial charge >= 0.3 is 12.1 Å². The summed E-state index contributed by atoms with van der Waals surface area (Å²) in [5, 5.41) is 13.7. The first-order chi connectivity index (χ1) is 9.58. The topological polar surface area (TPSA) is 88.5 Å². The number of carbonyl (C=O) groups excluding carboxylic acids is 1. The van der Waals surface area contributed by atoms with Crippen LogP contribution >= 0.6 is 11.3 Å². The Hall–Kier alpha value is -1.63. The second kappa shape index (κ2) is 6.89. The molecular weight excluding hydrogens is 292 g/mol. The molecule has 7 heteroatoms. The van der Waals surface area contributed by atoms with Gasteiger partial charge in [-0.1, -0.05) is 13.8 Å². The number of rotatable bonds is 5. The van der Waals surface area contributed by atoms with Gasteiger partial charge in [0.15, 0.2) is 5.69 Å². The van der Waals surface area contributed by atoms with E-state index in [1.165, 1.54) is 16.7 Å². The van der Waals surface area contributed by atoms with E-state index in [9.17, 15) is 9.59 Å². The number of ether oxygens (including phenoxy) is 1. The van der Waals surface area contributed by atoms with Crippen molar-refractivity contribution in [3.05, 3.63) is 16.1 Å². The van der Waals surface area contributed by atoms with E-state index in [0.717, 1.165) is 0 Å². The van der Waals surface area contributed by atoms with Gasteiger partial charge in [-0.15, -0.1) is 11.3 Å². The van der Waals surface area contributed by atoms with Crippen LogP contribution in [-0.2, 0) is 4.74 Å². The van der Waals surface area contributed by atoms with E-state index in [0.29, 0.717) is 17.3 Å². The molecule has 0 unspecified atom stereocenters. The third kappa shape index (κ3) is 6.12. The molecule has 1 aromatic rings. The predicted molar refractivity (Wildman–Crippen MR) is 80.6 cm³/mol. The summed E-state index contributed by atoms with van der Waals surface area (Å²) in [7, 11) is 0. The van der Waals surface area contributed by atoms with Crippen LogP contribution in [0.15, 0.2) is 5.38 Å². The Morgan fingerprint density at radius 1 is 1.43 bits per heavy atom. The van der Waals surface area contributed by atoms with Gasteiger partial charge in [0.1, 0.15) is 10.6 Å². The van der Waals surface area contributed by atoms with Crippen molar-refractivity contribution in [1.82, 2.24) is 10.3 Å². The van der Waals surface area contributed by atoms with E-state index in [2.05, 4.69) is 10.3 Å². The lowest BCUT2D eigenvalue weighted by atomic mass is 10.0. The molecule has 1 heterocycles. The molecule has 1 rings (SSSR count). The van der Waals surface area contributed by atoms with Crippen LogP contribution in [0.2, 0.25) is 0 Å². The Balaban J connectivity index is 2.84. The van der Waals surface area contributed by atoms with Crippen molar-refractivity contribution in [2.24, 2.45) is 5.92 Å². The van der Waals surface area contributed by atoms with Crippen molar-refractivity contribution in [3.8, 4) is 0 Å². The summed E-state index contributed by atoms with van der Waals surface area (Å²) in [4.78, 5) is 26.9. The fourth-order valence-electron chi connectivity index (χ4n) is 1.69. The molecule has 0 saturated heterocycles. The maximum absolute atomic E-state index is 11.9. The summed E-state index contributed by atoms with van der Waals surface area (Å²) in [5.74, 6) is -0.750. The molecule has 0 radical (unpaired) electrons. The first kappa shape index (κ1) is 17.4. The Bertz CT molecular complexity index is 505. The summed E-state index contributed by atoms with van der Waals surface area (Å²) in [5.41, 5.74) is -0.587. The Morgan fingerprint density at radius 2 is 2.05 bits per heavy atom. The van der Waals surface area contributed by atoms with Crippen LogP contribution in [0.4, 0.5) is 4.79 Å². The van der Waals surface area contributed by atoms with Gasteiger partial charge < -0.3 is 15.2 Å². The molecule has 0 aliphatic heterocycles. The molecule has 0 fully saturated rings. The van der Waals surface area contributed by atoms with Crippen LogP contribution in [0.1, 0.15) is 62.6 Å². The number of hydrogen-bond acceptors (Lipinski definition) is 5. The smallest absolute Gasteiger partial charge is 0.408 e. The largest absolute Gasteiger partial charge is 0.476 e. The van der Waals surface area contributed by atoms with Gasteiger partial charge in [0.2, 0.25) is 0 Å². The van der Waals surface area contributed by atoms with Crippen LogP contribution in [0.25, 0.3) is 0 Å². The lowest BCUT2D eigenvalue weighted by Crippen LogP contribution is -2.35. The number of aromatic nitrogens is 1. The number of thiazole rings is 1. The van der Waals surface area contributed by atoms with Gasteiger partial charge in [-0.3, -0.25) is 0 Å². The maximum atomic E-state index is 11.9. The third-order valence-corrected chi connectivity index (χ3v) is 3.40. The fraction of sp³-hybridized carbons (Fsp3) is 0.643. The van der Waals surface area contributed by atoms with Gasteiger partial charge in [-0.25, -0.2) is 14.6 Å². The number of aromatic carboxylic acids is 1. The summed E-state index contributed by atoms with van der Waals surface area (Å²) in [6.07, 6.45) is 0.131. The number of carboxylic acid groups (broad SMARTS) is 1. The van der Waals surface area contributed by atoms with E-state index in [1.807, 2.05) is 13.8 Å². The lowest BCUT2D eigenvalue weighted by Gasteiger charge is -2.23. The number of nitrogens with one attached hydrogen (secondary N) is 1. The predicted octanol–water partition coefficient (Wildman–Crippen LogP) is 3.45. The van der Waals surface area contributed by atoms with Crippen LogP contribution in [0, 0.1) is 5.92 Å². The van der Waals surface area contributed by atoms with Gasteiger partial charge in [-0.05, 0) is 33.1 Å². The van der Waals surface area contributed by atoms with E-state index in [-0.39, 0.29) is 11.7 Å². The quantitative estimate of drug-likeness (QED) is 0.869. The normalized spacial score (nSPS) is 13.0. The average Bonchev–Trinajstić information content (AvgIpc) is 2.73. The second-order valence-corrected chi connectivity index (χ2v) is 7.09. The van der Waals surface area contributed by atoms with E-state index < -0.39 is 17.7 Å². The summed E-state index contributed by atoms with van der Waals surface area (Å²) in [6, 6.07) is -0.349. The molecule has 2 N–H and O–H groups in total. The van der Waals surface area contributed by atoms with E-state index in [4.69, 9.17) is 9.84 Å². The number of hydrogen-bond donors (Lipinski definition) is 2. The van der Waals surface area contributed by atoms with Crippen molar-refractivity contribution in [2.75, 3.05) is 0 Å². The van der Waals surface area contributed by atoms with Gasteiger partial charge in [0.05, 0.1) is 6.04 Å². The minimum atomic E-state index is -1.07. The molecule has 1 aromatic heterocycles. The first-order valence-electron chi connectivity index (χ1n) is 6.76. The van der Waals surface area contributed by atoms with Crippen molar-refractivity contribution in [2.45, 2.75) is 52.7 Å². The zero-order valence-electron chi connectivity index (χ0n) is 13.0. The average molecular weight is 314 g/mol. The third-order valence-electron chi connectivity index (χ3n) is 2.44. The molecule has 0 spiro atoms. The van der Waals surface area contributed by atoms with Crippen LogP contribution in [0.3, 0.4) is 0 Å². The molecule has 118 valence electrons. The minimum absolute atomic E-state index is 0.00487. The molecule has 0 aliphatic rings. The van der Waals surface area contributed by atoms with Gasteiger partial charge in [0.25, 0.3) is 0 Å². The summed E-state index contributed by atoms with van der Waals surface area (Å²) in [6.45, 7) is 9.41. The molecule has 1 atom stereocenters. The number of nitrogens with zero attached hydrogens (tertiary/aromatic N) is 1. The molecule has 0 aliphatic carbocycles. The zero-order valence-corrected chi connectivity index (χ0v) is 13.8.